The normalized spacial score (nSPS) is 9.90. The maximum atomic E-state index is 5.13. The Kier molecular flexibility index (Phi) is 5.94. The van der Waals surface area contributed by atoms with Crippen LogP contribution in [0.1, 0.15) is 27.2 Å². The Labute approximate surface area is 63.4 Å². The average Bonchev–Trinajstić information content (AvgIpc) is 1.87. The molecule has 0 rings (SSSR count). The van der Waals surface area contributed by atoms with Gasteiger partial charge in [-0.2, -0.15) is 0 Å². The van der Waals surface area contributed by atoms with Crippen molar-refractivity contribution in [1.82, 2.24) is 0 Å². The van der Waals surface area contributed by atoms with Gasteiger partial charge in [0, 0.05) is 0 Å². The first-order valence-corrected chi connectivity index (χ1v) is 3.67. The van der Waals surface area contributed by atoms with E-state index in [1.165, 1.54) is 5.57 Å². The number of rotatable bonds is 4. The van der Waals surface area contributed by atoms with Gasteiger partial charge in [-0.25, -0.2) is 0 Å². The predicted molar refractivity (Wildman–Crippen MR) is 44.8 cm³/mol. The van der Waals surface area contributed by atoms with Gasteiger partial charge in [0.25, 0.3) is 0 Å². The van der Waals surface area contributed by atoms with Gasteiger partial charge >= 0.3 is 0 Å². The predicted octanol–water partition coefficient (Wildman–Crippen LogP) is 2.89. The first kappa shape index (κ1) is 9.28. The molecule has 0 heterocycles. The van der Waals surface area contributed by atoms with E-state index in [0.29, 0.717) is 6.61 Å². The number of ether oxygens (including phenoxy) is 1. The SMILES string of the molecule is CCC=COCC=C(C)C. The van der Waals surface area contributed by atoms with E-state index in [1.807, 2.05) is 6.08 Å². The van der Waals surface area contributed by atoms with Crippen LogP contribution in [0.3, 0.4) is 0 Å². The zero-order chi connectivity index (χ0) is 7.82. The van der Waals surface area contributed by atoms with Crippen LogP contribution in [-0.2, 0) is 4.74 Å². The van der Waals surface area contributed by atoms with Crippen LogP contribution in [0.15, 0.2) is 24.0 Å². The molecule has 0 radical (unpaired) electrons. The third kappa shape index (κ3) is 7.28. The van der Waals surface area contributed by atoms with E-state index in [1.54, 1.807) is 6.26 Å². The molecule has 10 heavy (non-hydrogen) atoms. The summed E-state index contributed by atoms with van der Waals surface area (Å²) < 4.78 is 5.13. The van der Waals surface area contributed by atoms with E-state index in [-0.39, 0.29) is 0 Å². The molecule has 0 aromatic heterocycles. The molecule has 0 unspecified atom stereocenters. The van der Waals surface area contributed by atoms with E-state index in [2.05, 4.69) is 26.8 Å². The Morgan fingerprint density at radius 3 is 2.60 bits per heavy atom. The van der Waals surface area contributed by atoms with E-state index in [0.717, 1.165) is 6.42 Å². The highest BCUT2D eigenvalue weighted by Crippen LogP contribution is 1.89. The van der Waals surface area contributed by atoms with Crippen LogP contribution in [0.5, 0.6) is 0 Å². The minimum absolute atomic E-state index is 0.693. The molecule has 0 fully saturated rings. The van der Waals surface area contributed by atoms with Crippen molar-refractivity contribution in [2.75, 3.05) is 6.61 Å². The van der Waals surface area contributed by atoms with E-state index >= 15 is 0 Å². The maximum absolute atomic E-state index is 5.13. The standard InChI is InChI=1S/C9H16O/c1-4-5-7-10-8-6-9(2)3/h5-7H,4,8H2,1-3H3. The van der Waals surface area contributed by atoms with Crippen molar-refractivity contribution in [2.45, 2.75) is 27.2 Å². The number of hydrogen-bond acceptors (Lipinski definition) is 1. The van der Waals surface area contributed by atoms with Gasteiger partial charge in [-0.05, 0) is 26.3 Å². The van der Waals surface area contributed by atoms with Crippen LogP contribution in [0.25, 0.3) is 0 Å². The minimum atomic E-state index is 0.693. The second kappa shape index (κ2) is 6.40. The summed E-state index contributed by atoms with van der Waals surface area (Å²) >= 11 is 0. The third-order valence-electron chi connectivity index (χ3n) is 1.02. The Balaban J connectivity index is 3.21. The summed E-state index contributed by atoms with van der Waals surface area (Å²) in [6, 6.07) is 0. The fourth-order valence-corrected chi connectivity index (χ4v) is 0.435. The van der Waals surface area contributed by atoms with Crippen LogP contribution in [-0.4, -0.2) is 6.61 Å². The quantitative estimate of drug-likeness (QED) is 0.331. The highest BCUT2D eigenvalue weighted by atomic mass is 16.5. The average molecular weight is 140 g/mol. The molecular formula is C9H16O. The Hall–Kier alpha value is -0.720. The molecular weight excluding hydrogens is 124 g/mol. The second-order valence-corrected chi connectivity index (χ2v) is 2.39. The van der Waals surface area contributed by atoms with Crippen LogP contribution in [0.2, 0.25) is 0 Å². The van der Waals surface area contributed by atoms with Gasteiger partial charge in [-0.3, -0.25) is 0 Å². The van der Waals surface area contributed by atoms with E-state index < -0.39 is 0 Å². The molecule has 1 nitrogen and oxygen atoms in total. The van der Waals surface area contributed by atoms with Gasteiger partial charge in [-0.1, -0.05) is 18.6 Å². The van der Waals surface area contributed by atoms with Crippen molar-refractivity contribution in [3.8, 4) is 0 Å². The van der Waals surface area contributed by atoms with Gasteiger partial charge in [0.2, 0.25) is 0 Å². The maximum Gasteiger partial charge on any atom is 0.106 e. The van der Waals surface area contributed by atoms with Crippen molar-refractivity contribution in [3.05, 3.63) is 24.0 Å². The van der Waals surface area contributed by atoms with Gasteiger partial charge in [-0.15, -0.1) is 0 Å². The topological polar surface area (TPSA) is 9.23 Å². The minimum Gasteiger partial charge on any atom is -0.497 e. The second-order valence-electron chi connectivity index (χ2n) is 2.39. The zero-order valence-corrected chi connectivity index (χ0v) is 7.05. The first-order valence-electron chi connectivity index (χ1n) is 3.67. The molecule has 0 saturated heterocycles. The molecule has 0 atom stereocenters. The van der Waals surface area contributed by atoms with E-state index in [9.17, 15) is 0 Å². The molecule has 0 amide bonds. The molecule has 58 valence electrons. The molecule has 1 heteroatoms. The molecule has 0 N–H and O–H groups in total. The fraction of sp³-hybridized carbons (Fsp3) is 0.556. The molecule has 0 aliphatic heterocycles. The zero-order valence-electron chi connectivity index (χ0n) is 7.05. The van der Waals surface area contributed by atoms with Crippen molar-refractivity contribution >= 4 is 0 Å². The molecule has 0 aliphatic carbocycles. The van der Waals surface area contributed by atoms with Crippen molar-refractivity contribution < 1.29 is 4.74 Å². The van der Waals surface area contributed by atoms with Crippen molar-refractivity contribution in [1.29, 1.82) is 0 Å². The lowest BCUT2D eigenvalue weighted by molar-refractivity contribution is 0.288. The summed E-state index contributed by atoms with van der Waals surface area (Å²) in [6.45, 7) is 6.90. The summed E-state index contributed by atoms with van der Waals surface area (Å²) in [6.07, 6.45) is 6.84. The highest BCUT2D eigenvalue weighted by molar-refractivity contribution is 4.93. The Morgan fingerprint density at radius 2 is 2.10 bits per heavy atom. The monoisotopic (exact) mass is 140 g/mol. The lowest BCUT2D eigenvalue weighted by Crippen LogP contribution is -1.81. The van der Waals surface area contributed by atoms with Gasteiger partial charge < -0.3 is 4.74 Å². The number of allylic oxidation sites excluding steroid dienone is 2. The van der Waals surface area contributed by atoms with Gasteiger partial charge in [0.1, 0.15) is 6.61 Å². The van der Waals surface area contributed by atoms with Crippen molar-refractivity contribution in [2.24, 2.45) is 0 Å². The van der Waals surface area contributed by atoms with Crippen LogP contribution < -0.4 is 0 Å². The van der Waals surface area contributed by atoms with Crippen molar-refractivity contribution in [3.63, 3.8) is 0 Å². The smallest absolute Gasteiger partial charge is 0.106 e. The van der Waals surface area contributed by atoms with Crippen LogP contribution >= 0.6 is 0 Å². The highest BCUT2D eigenvalue weighted by Gasteiger charge is 1.75. The van der Waals surface area contributed by atoms with E-state index in [4.69, 9.17) is 4.74 Å². The Bertz CT molecular complexity index is 119. The summed E-state index contributed by atoms with van der Waals surface area (Å²) in [7, 11) is 0. The molecule has 0 aromatic rings. The third-order valence-corrected chi connectivity index (χ3v) is 1.02. The molecule has 0 bridgehead atoms. The van der Waals surface area contributed by atoms with Crippen LogP contribution in [0, 0.1) is 0 Å². The summed E-state index contributed by atoms with van der Waals surface area (Å²) in [5, 5.41) is 0. The molecule has 0 aromatic carbocycles. The lowest BCUT2D eigenvalue weighted by Gasteiger charge is -1.93. The lowest BCUT2D eigenvalue weighted by atomic mass is 10.3. The fourth-order valence-electron chi connectivity index (χ4n) is 0.435. The summed E-state index contributed by atoms with van der Waals surface area (Å²) in [4.78, 5) is 0. The molecule has 0 saturated carbocycles. The largest absolute Gasteiger partial charge is 0.497 e. The summed E-state index contributed by atoms with van der Waals surface area (Å²) in [5.41, 5.74) is 1.30. The van der Waals surface area contributed by atoms with Gasteiger partial charge in [0.05, 0.1) is 6.26 Å². The van der Waals surface area contributed by atoms with Gasteiger partial charge in [0.15, 0.2) is 0 Å². The Morgan fingerprint density at radius 1 is 1.40 bits per heavy atom. The van der Waals surface area contributed by atoms with Crippen LogP contribution in [0.4, 0.5) is 0 Å². The molecule has 0 spiro atoms. The number of hydrogen-bond donors (Lipinski definition) is 0. The first-order chi connectivity index (χ1) is 4.77. The summed E-state index contributed by atoms with van der Waals surface area (Å²) in [5.74, 6) is 0. The molecule has 0 aliphatic rings.